The first-order chi connectivity index (χ1) is 9.54. The molecule has 0 fully saturated rings. The number of amides is 1. The van der Waals surface area contributed by atoms with Crippen LogP contribution in [0.4, 0.5) is 0 Å². The number of carbonyl (C=O) groups is 1. The van der Waals surface area contributed by atoms with Crippen molar-refractivity contribution in [3.63, 3.8) is 0 Å². The van der Waals surface area contributed by atoms with Crippen LogP contribution in [0.25, 0.3) is 0 Å². The zero-order chi connectivity index (χ0) is 15.0. The second-order valence-corrected chi connectivity index (χ2v) is 5.27. The fraction of sp³-hybridized carbons (Fsp3) is 0.533. The maximum absolute atomic E-state index is 12.4. The number of aromatic nitrogens is 1. The first kappa shape index (κ1) is 16.1. The lowest BCUT2D eigenvalue weighted by Gasteiger charge is -2.25. The van der Waals surface area contributed by atoms with Crippen LogP contribution in [-0.2, 0) is 11.3 Å². The number of hydrogen-bond acceptors (Lipinski definition) is 4. The van der Waals surface area contributed by atoms with Crippen LogP contribution in [0.3, 0.4) is 0 Å². The highest BCUT2D eigenvalue weighted by Crippen LogP contribution is 2.10. The highest BCUT2D eigenvalue weighted by molar-refractivity contribution is 5.81. The van der Waals surface area contributed by atoms with Crippen molar-refractivity contribution in [1.29, 1.82) is 5.26 Å². The van der Waals surface area contributed by atoms with Gasteiger partial charge in [0.05, 0.1) is 18.5 Å². The van der Waals surface area contributed by atoms with Crippen LogP contribution in [0.2, 0.25) is 0 Å². The van der Waals surface area contributed by atoms with Gasteiger partial charge in [-0.25, -0.2) is 0 Å². The summed E-state index contributed by atoms with van der Waals surface area (Å²) in [5.41, 5.74) is 6.90. The molecule has 0 radical (unpaired) electrons. The topological polar surface area (TPSA) is 83.0 Å². The number of rotatable bonds is 7. The summed E-state index contributed by atoms with van der Waals surface area (Å²) in [6, 6.07) is 5.30. The van der Waals surface area contributed by atoms with Crippen molar-refractivity contribution in [2.24, 2.45) is 11.7 Å². The Labute approximate surface area is 120 Å². The maximum Gasteiger partial charge on any atom is 0.239 e. The third-order valence-electron chi connectivity index (χ3n) is 2.94. The molecular weight excluding hydrogens is 252 g/mol. The fourth-order valence-corrected chi connectivity index (χ4v) is 2.01. The number of nitrogens with two attached hydrogens (primary N) is 1. The Hall–Kier alpha value is -1.93. The third kappa shape index (κ3) is 5.37. The molecule has 2 N–H and O–H groups in total. The van der Waals surface area contributed by atoms with E-state index < -0.39 is 6.04 Å². The molecular formula is C15H22N4O. The van der Waals surface area contributed by atoms with E-state index in [0.29, 0.717) is 31.8 Å². The van der Waals surface area contributed by atoms with Gasteiger partial charge in [-0.2, -0.15) is 5.26 Å². The molecule has 1 unspecified atom stereocenters. The van der Waals surface area contributed by atoms with E-state index in [-0.39, 0.29) is 5.91 Å². The Kier molecular flexibility index (Phi) is 6.68. The first-order valence-electron chi connectivity index (χ1n) is 6.84. The molecule has 1 heterocycles. The van der Waals surface area contributed by atoms with Crippen molar-refractivity contribution in [2.75, 3.05) is 6.54 Å². The van der Waals surface area contributed by atoms with Gasteiger partial charge in [-0.15, -0.1) is 0 Å². The largest absolute Gasteiger partial charge is 0.336 e. The molecule has 1 atom stereocenters. The third-order valence-corrected chi connectivity index (χ3v) is 2.94. The molecule has 0 aliphatic carbocycles. The van der Waals surface area contributed by atoms with Gasteiger partial charge in [0.1, 0.15) is 0 Å². The van der Waals surface area contributed by atoms with Crippen molar-refractivity contribution in [1.82, 2.24) is 9.88 Å². The quantitative estimate of drug-likeness (QED) is 0.820. The molecule has 0 aliphatic heterocycles. The minimum atomic E-state index is -0.509. The van der Waals surface area contributed by atoms with Crippen LogP contribution in [0.5, 0.6) is 0 Å². The molecule has 20 heavy (non-hydrogen) atoms. The monoisotopic (exact) mass is 274 g/mol. The average Bonchev–Trinajstić information content (AvgIpc) is 2.43. The van der Waals surface area contributed by atoms with Crippen molar-refractivity contribution in [3.8, 4) is 6.07 Å². The highest BCUT2D eigenvalue weighted by atomic mass is 16.2. The van der Waals surface area contributed by atoms with E-state index in [9.17, 15) is 4.79 Å². The van der Waals surface area contributed by atoms with E-state index in [0.717, 1.165) is 5.56 Å². The molecule has 0 aromatic carbocycles. The summed E-state index contributed by atoms with van der Waals surface area (Å²) in [5, 5.41) is 8.72. The van der Waals surface area contributed by atoms with Gasteiger partial charge >= 0.3 is 0 Å². The smallest absolute Gasteiger partial charge is 0.239 e. The summed E-state index contributed by atoms with van der Waals surface area (Å²) in [4.78, 5) is 18.0. The molecule has 0 bridgehead atoms. The van der Waals surface area contributed by atoms with Gasteiger partial charge in [0.25, 0.3) is 0 Å². The molecule has 5 nitrogen and oxygen atoms in total. The average molecular weight is 274 g/mol. The minimum absolute atomic E-state index is 0.0993. The predicted octanol–water partition coefficient (Wildman–Crippen LogP) is 1.70. The van der Waals surface area contributed by atoms with E-state index in [2.05, 4.69) is 11.1 Å². The number of nitrogens with zero attached hydrogens (tertiary/aromatic N) is 3. The lowest BCUT2D eigenvalue weighted by molar-refractivity contribution is -0.133. The Balaban J connectivity index is 2.73. The van der Waals surface area contributed by atoms with E-state index in [4.69, 9.17) is 11.0 Å². The van der Waals surface area contributed by atoms with Gasteiger partial charge in [0.15, 0.2) is 0 Å². The Morgan fingerprint density at radius 1 is 1.55 bits per heavy atom. The Morgan fingerprint density at radius 3 is 2.85 bits per heavy atom. The molecule has 1 rings (SSSR count). The molecule has 0 saturated heterocycles. The zero-order valence-electron chi connectivity index (χ0n) is 12.1. The summed E-state index contributed by atoms with van der Waals surface area (Å²) >= 11 is 0. The number of nitriles is 1. The standard InChI is InChI=1S/C15H22N4O/c1-12(2)9-14(17)15(20)19(8-4-6-16)11-13-5-3-7-18-10-13/h3,5,7,10,12,14H,4,8-9,11,17H2,1-2H3. The molecule has 1 aromatic rings. The summed E-state index contributed by atoms with van der Waals surface area (Å²) in [7, 11) is 0. The second-order valence-electron chi connectivity index (χ2n) is 5.27. The van der Waals surface area contributed by atoms with E-state index >= 15 is 0 Å². The van der Waals surface area contributed by atoms with Crippen LogP contribution in [0.1, 0.15) is 32.3 Å². The van der Waals surface area contributed by atoms with Gasteiger partial charge in [-0.05, 0) is 24.0 Å². The van der Waals surface area contributed by atoms with Crippen molar-refractivity contribution >= 4 is 5.91 Å². The SMILES string of the molecule is CC(C)CC(N)C(=O)N(CCC#N)Cc1cccnc1. The second kappa shape index (κ2) is 8.28. The summed E-state index contributed by atoms with van der Waals surface area (Å²) in [6.07, 6.45) is 4.37. The van der Waals surface area contributed by atoms with Crippen LogP contribution in [0, 0.1) is 17.2 Å². The van der Waals surface area contributed by atoms with Gasteiger partial charge in [-0.1, -0.05) is 19.9 Å². The van der Waals surface area contributed by atoms with E-state index in [1.165, 1.54) is 0 Å². The summed E-state index contributed by atoms with van der Waals surface area (Å²) in [6.45, 7) is 4.91. The molecule has 0 spiro atoms. The summed E-state index contributed by atoms with van der Waals surface area (Å²) < 4.78 is 0. The molecule has 0 saturated carbocycles. The highest BCUT2D eigenvalue weighted by Gasteiger charge is 2.21. The normalized spacial score (nSPS) is 11.9. The lowest BCUT2D eigenvalue weighted by atomic mass is 10.0. The minimum Gasteiger partial charge on any atom is -0.336 e. The fourth-order valence-electron chi connectivity index (χ4n) is 2.01. The zero-order valence-corrected chi connectivity index (χ0v) is 12.1. The lowest BCUT2D eigenvalue weighted by Crippen LogP contribution is -2.44. The number of hydrogen-bond donors (Lipinski definition) is 1. The number of carbonyl (C=O) groups excluding carboxylic acids is 1. The van der Waals surface area contributed by atoms with Crippen LogP contribution in [-0.4, -0.2) is 28.4 Å². The van der Waals surface area contributed by atoms with Gasteiger partial charge in [0, 0.05) is 25.5 Å². The van der Waals surface area contributed by atoms with E-state index in [1.807, 2.05) is 26.0 Å². The molecule has 108 valence electrons. The van der Waals surface area contributed by atoms with Crippen LogP contribution >= 0.6 is 0 Å². The molecule has 1 amide bonds. The Morgan fingerprint density at radius 2 is 2.30 bits per heavy atom. The molecule has 5 heteroatoms. The first-order valence-corrected chi connectivity index (χ1v) is 6.84. The van der Waals surface area contributed by atoms with Crippen molar-refractivity contribution in [3.05, 3.63) is 30.1 Å². The van der Waals surface area contributed by atoms with Gasteiger partial charge in [0.2, 0.25) is 5.91 Å². The van der Waals surface area contributed by atoms with Crippen molar-refractivity contribution < 1.29 is 4.79 Å². The van der Waals surface area contributed by atoms with Gasteiger partial charge < -0.3 is 10.6 Å². The predicted molar refractivity (Wildman–Crippen MR) is 77.3 cm³/mol. The maximum atomic E-state index is 12.4. The van der Waals surface area contributed by atoms with Crippen LogP contribution < -0.4 is 5.73 Å². The number of pyridine rings is 1. The summed E-state index contributed by atoms with van der Waals surface area (Å²) in [5.74, 6) is 0.267. The Bertz CT molecular complexity index is 453. The van der Waals surface area contributed by atoms with Crippen LogP contribution in [0.15, 0.2) is 24.5 Å². The van der Waals surface area contributed by atoms with Crippen molar-refractivity contribution in [2.45, 2.75) is 39.3 Å². The molecule has 0 aliphatic rings. The van der Waals surface area contributed by atoms with E-state index in [1.54, 1.807) is 17.3 Å². The molecule has 1 aromatic heterocycles. The van der Waals surface area contributed by atoms with Gasteiger partial charge in [-0.3, -0.25) is 9.78 Å².